The molecule has 0 saturated heterocycles. The molecule has 4 heteroatoms. The number of carbonyl (C=O) groups is 2. The Balaban J connectivity index is 1.72. The molecule has 126 valence electrons. The summed E-state index contributed by atoms with van der Waals surface area (Å²) in [4.78, 5) is 26.6. The lowest BCUT2D eigenvalue weighted by atomic mass is 9.92. The zero-order valence-corrected chi connectivity index (χ0v) is 14.8. The molecule has 0 heterocycles. The van der Waals surface area contributed by atoms with E-state index in [-0.39, 0.29) is 16.8 Å². The Morgan fingerprint density at radius 2 is 1.52 bits per heavy atom. The van der Waals surface area contributed by atoms with Crippen LogP contribution in [-0.4, -0.2) is 17.6 Å². The molecule has 0 aliphatic heterocycles. The van der Waals surface area contributed by atoms with E-state index in [4.69, 9.17) is 0 Å². The fraction of sp³-hybridized carbons (Fsp3) is 0.238. The Morgan fingerprint density at radius 1 is 0.920 bits per heavy atom. The second-order valence-corrected chi connectivity index (χ2v) is 7.85. The molecule has 2 aliphatic rings. The van der Waals surface area contributed by atoms with Crippen LogP contribution in [0.5, 0.6) is 0 Å². The largest absolute Gasteiger partial charge is 0.378 e. The smallest absolute Gasteiger partial charge is 0.210 e. The highest BCUT2D eigenvalue weighted by atomic mass is 32.2. The lowest BCUT2D eigenvalue weighted by Gasteiger charge is -2.23. The number of carbonyl (C=O) groups excluding carboxylic acids is 2. The normalized spacial score (nSPS) is 18.1. The maximum Gasteiger partial charge on any atom is 0.210 e. The third-order valence-electron chi connectivity index (χ3n) is 4.57. The van der Waals surface area contributed by atoms with Crippen molar-refractivity contribution in [3.63, 3.8) is 0 Å². The highest BCUT2D eigenvalue weighted by molar-refractivity contribution is 8.04. The van der Waals surface area contributed by atoms with E-state index in [1.807, 2.05) is 30.3 Å². The van der Waals surface area contributed by atoms with Gasteiger partial charge in [-0.25, -0.2) is 0 Å². The Kier molecular flexibility index (Phi) is 4.22. The number of nitrogens with one attached hydrogen (secondary N) is 1. The molecule has 3 nitrogen and oxygen atoms in total. The van der Waals surface area contributed by atoms with Crippen molar-refractivity contribution in [3.05, 3.63) is 81.9 Å². The second-order valence-electron chi connectivity index (χ2n) is 6.50. The van der Waals surface area contributed by atoms with Crippen molar-refractivity contribution in [3.8, 4) is 0 Å². The lowest BCUT2D eigenvalue weighted by Crippen LogP contribution is -2.31. The van der Waals surface area contributed by atoms with Gasteiger partial charge in [0.25, 0.3) is 0 Å². The minimum absolute atomic E-state index is 0.0499. The van der Waals surface area contributed by atoms with Gasteiger partial charge in [0.05, 0.1) is 4.91 Å². The molecule has 0 aromatic heterocycles. The summed E-state index contributed by atoms with van der Waals surface area (Å²) in [5.41, 5.74) is 2.65. The molecule has 0 radical (unpaired) electrons. The zero-order valence-electron chi connectivity index (χ0n) is 14.0. The molecule has 2 aromatic rings. The molecule has 1 atom stereocenters. The number of rotatable bonds is 5. The highest BCUT2D eigenvalue weighted by Gasteiger charge is 2.36. The fourth-order valence-corrected chi connectivity index (χ4v) is 4.13. The Labute approximate surface area is 151 Å². The van der Waals surface area contributed by atoms with Gasteiger partial charge in [-0.1, -0.05) is 54.6 Å². The SMILES string of the molecule is CC(SC1=C(NC2CC2)C(=O)c2ccccc2C1=O)c1ccccc1. The van der Waals surface area contributed by atoms with Crippen LogP contribution in [0, 0.1) is 0 Å². The number of ketones is 2. The first-order valence-electron chi connectivity index (χ1n) is 8.56. The van der Waals surface area contributed by atoms with E-state index in [9.17, 15) is 9.59 Å². The van der Waals surface area contributed by atoms with Crippen LogP contribution in [0.1, 0.15) is 51.3 Å². The summed E-state index contributed by atoms with van der Waals surface area (Å²) in [5, 5.41) is 3.40. The molecule has 1 fully saturated rings. The third-order valence-corrected chi connectivity index (χ3v) is 5.82. The highest BCUT2D eigenvalue weighted by Crippen LogP contribution is 2.40. The van der Waals surface area contributed by atoms with Gasteiger partial charge < -0.3 is 5.32 Å². The maximum absolute atomic E-state index is 13.1. The van der Waals surface area contributed by atoms with E-state index in [0.717, 1.165) is 18.4 Å². The molecule has 1 unspecified atom stereocenters. The van der Waals surface area contributed by atoms with Gasteiger partial charge in [-0.15, -0.1) is 11.8 Å². The predicted molar refractivity (Wildman–Crippen MR) is 101 cm³/mol. The van der Waals surface area contributed by atoms with Gasteiger partial charge in [0, 0.05) is 22.4 Å². The molecule has 4 rings (SSSR count). The van der Waals surface area contributed by atoms with E-state index >= 15 is 0 Å². The summed E-state index contributed by atoms with van der Waals surface area (Å²) in [6.07, 6.45) is 2.11. The maximum atomic E-state index is 13.1. The molecule has 0 amide bonds. The van der Waals surface area contributed by atoms with Gasteiger partial charge >= 0.3 is 0 Å². The minimum Gasteiger partial charge on any atom is -0.378 e. The van der Waals surface area contributed by atoms with Crippen LogP contribution in [0.15, 0.2) is 65.2 Å². The summed E-state index contributed by atoms with van der Waals surface area (Å²) < 4.78 is 0. The van der Waals surface area contributed by atoms with E-state index in [1.165, 1.54) is 11.8 Å². The van der Waals surface area contributed by atoms with E-state index in [2.05, 4.69) is 24.4 Å². The Hall–Kier alpha value is -2.33. The van der Waals surface area contributed by atoms with Crippen LogP contribution >= 0.6 is 11.8 Å². The van der Waals surface area contributed by atoms with Crippen LogP contribution in [0.2, 0.25) is 0 Å². The summed E-state index contributed by atoms with van der Waals surface area (Å²) in [7, 11) is 0. The Bertz CT molecular complexity index is 868. The summed E-state index contributed by atoms with van der Waals surface area (Å²) in [5.74, 6) is -0.115. The first-order chi connectivity index (χ1) is 12.1. The van der Waals surface area contributed by atoms with Crippen molar-refractivity contribution in [2.45, 2.75) is 31.1 Å². The van der Waals surface area contributed by atoms with E-state index in [1.54, 1.807) is 12.1 Å². The van der Waals surface area contributed by atoms with Crippen molar-refractivity contribution < 1.29 is 9.59 Å². The van der Waals surface area contributed by atoms with Gasteiger partial charge in [0.2, 0.25) is 11.6 Å². The van der Waals surface area contributed by atoms with Gasteiger partial charge in [-0.05, 0) is 25.3 Å². The van der Waals surface area contributed by atoms with Crippen molar-refractivity contribution >= 4 is 23.3 Å². The summed E-state index contributed by atoms with van der Waals surface area (Å²) in [6, 6.07) is 17.5. The number of allylic oxidation sites excluding steroid dienone is 2. The minimum atomic E-state index is -0.0649. The molecule has 0 bridgehead atoms. The number of Topliss-reactive ketones (excluding diaryl/α,β-unsaturated/α-hetero) is 2. The standard InChI is InChI=1S/C21H19NO2S/c1-13(14-7-3-2-4-8-14)25-21-18(22-15-11-12-15)19(23)16-9-5-6-10-17(16)20(21)24/h2-10,13,15,22H,11-12H2,1H3. The van der Waals surface area contributed by atoms with Crippen molar-refractivity contribution in [2.75, 3.05) is 0 Å². The molecule has 1 N–H and O–H groups in total. The van der Waals surface area contributed by atoms with Crippen LogP contribution < -0.4 is 5.32 Å². The van der Waals surface area contributed by atoms with Crippen molar-refractivity contribution in [2.24, 2.45) is 0 Å². The van der Waals surface area contributed by atoms with Crippen LogP contribution in [0.3, 0.4) is 0 Å². The van der Waals surface area contributed by atoms with Gasteiger partial charge in [0.1, 0.15) is 5.70 Å². The topological polar surface area (TPSA) is 46.2 Å². The van der Waals surface area contributed by atoms with E-state index < -0.39 is 0 Å². The monoisotopic (exact) mass is 349 g/mol. The van der Waals surface area contributed by atoms with Crippen molar-refractivity contribution in [1.29, 1.82) is 0 Å². The quantitative estimate of drug-likeness (QED) is 0.862. The lowest BCUT2D eigenvalue weighted by molar-refractivity contribution is 0.0975. The number of thioether (sulfide) groups is 1. The first-order valence-corrected chi connectivity index (χ1v) is 9.44. The summed E-state index contributed by atoms with van der Waals surface area (Å²) in [6.45, 7) is 2.07. The van der Waals surface area contributed by atoms with Crippen molar-refractivity contribution in [1.82, 2.24) is 5.32 Å². The van der Waals surface area contributed by atoms with Gasteiger partial charge in [-0.2, -0.15) is 0 Å². The molecular weight excluding hydrogens is 330 g/mol. The molecule has 2 aromatic carbocycles. The zero-order chi connectivity index (χ0) is 17.4. The average Bonchev–Trinajstić information content (AvgIpc) is 3.47. The van der Waals surface area contributed by atoms with E-state index in [0.29, 0.717) is 27.8 Å². The molecule has 2 aliphatic carbocycles. The first kappa shape index (κ1) is 16.2. The molecule has 1 saturated carbocycles. The average molecular weight is 349 g/mol. The predicted octanol–water partition coefficient (Wildman–Crippen LogP) is 4.52. The van der Waals surface area contributed by atoms with Crippen LogP contribution in [0.25, 0.3) is 0 Å². The Morgan fingerprint density at radius 3 is 2.16 bits per heavy atom. The number of fused-ring (bicyclic) bond motifs is 1. The van der Waals surface area contributed by atoms with Crippen LogP contribution in [-0.2, 0) is 0 Å². The number of hydrogen-bond donors (Lipinski definition) is 1. The van der Waals surface area contributed by atoms with Crippen LogP contribution in [0.4, 0.5) is 0 Å². The molecular formula is C21H19NO2S. The van der Waals surface area contributed by atoms with Gasteiger partial charge in [-0.3, -0.25) is 9.59 Å². The fourth-order valence-electron chi connectivity index (χ4n) is 3.00. The number of benzene rings is 2. The third kappa shape index (κ3) is 3.14. The van der Waals surface area contributed by atoms with Gasteiger partial charge in [0.15, 0.2) is 0 Å². The summed E-state index contributed by atoms with van der Waals surface area (Å²) >= 11 is 1.47. The second kappa shape index (κ2) is 6.52. The number of hydrogen-bond acceptors (Lipinski definition) is 4. The molecule has 0 spiro atoms. The molecule has 25 heavy (non-hydrogen) atoms.